The van der Waals surface area contributed by atoms with Gasteiger partial charge in [0.2, 0.25) is 0 Å². The summed E-state index contributed by atoms with van der Waals surface area (Å²) in [4.78, 5) is 13.1. The molecule has 1 aromatic heterocycles. The molecule has 2 unspecified atom stereocenters. The first-order valence-corrected chi connectivity index (χ1v) is 13.8. The summed E-state index contributed by atoms with van der Waals surface area (Å²) in [6, 6.07) is 15.3. The van der Waals surface area contributed by atoms with Crippen molar-refractivity contribution in [2.75, 3.05) is 19.5 Å². The minimum Gasteiger partial charge on any atom is -0.497 e. The summed E-state index contributed by atoms with van der Waals surface area (Å²) in [6.07, 6.45) is -2.33. The molecule has 0 fully saturated rings. The molecule has 1 amide bonds. The van der Waals surface area contributed by atoms with Crippen LogP contribution in [0.3, 0.4) is 0 Å². The van der Waals surface area contributed by atoms with E-state index in [1.807, 2.05) is 38.1 Å². The first-order valence-electron chi connectivity index (χ1n) is 13.8. The van der Waals surface area contributed by atoms with Crippen LogP contribution in [0.25, 0.3) is 0 Å². The minimum atomic E-state index is -4.58. The number of alkyl halides is 3. The fraction of sp³-hybridized carbons (Fsp3) is 0.281. The van der Waals surface area contributed by atoms with Crippen molar-refractivity contribution in [1.82, 2.24) is 15.2 Å². The molecule has 12 heteroatoms. The van der Waals surface area contributed by atoms with Crippen molar-refractivity contribution < 1.29 is 32.2 Å². The highest BCUT2D eigenvalue weighted by Gasteiger charge is 2.47. The molecule has 1 aliphatic heterocycles. The van der Waals surface area contributed by atoms with Crippen molar-refractivity contribution in [3.05, 3.63) is 100 Å². The lowest BCUT2D eigenvalue weighted by atomic mass is 9.96. The molecule has 0 saturated carbocycles. The zero-order valence-corrected chi connectivity index (χ0v) is 24.6. The number of aryl methyl sites for hydroxylation is 1. The summed E-state index contributed by atoms with van der Waals surface area (Å²) in [6.45, 7) is 4.24. The Labute approximate surface area is 252 Å². The molecule has 2 heterocycles. The summed E-state index contributed by atoms with van der Waals surface area (Å²) in [5, 5.41) is 11.0. The molecule has 4 aromatic rings. The number of aromatic nitrogens is 2. The Kier molecular flexibility index (Phi) is 8.79. The zero-order valence-electron chi connectivity index (χ0n) is 24.6. The van der Waals surface area contributed by atoms with Crippen LogP contribution in [-0.2, 0) is 6.61 Å². The van der Waals surface area contributed by atoms with Crippen molar-refractivity contribution in [2.45, 2.75) is 45.1 Å². The molecule has 0 bridgehead atoms. The lowest BCUT2D eigenvalue weighted by Gasteiger charge is -2.34. The molecule has 0 saturated heterocycles. The number of anilines is 1. The van der Waals surface area contributed by atoms with Crippen LogP contribution in [0, 0.1) is 13.8 Å². The zero-order chi connectivity index (χ0) is 31.4. The molecule has 3 aromatic carbocycles. The van der Waals surface area contributed by atoms with Gasteiger partial charge in [-0.1, -0.05) is 24.3 Å². The number of hydrazone groups is 1. The minimum absolute atomic E-state index is 0.0394. The highest BCUT2D eigenvalue weighted by atomic mass is 19.4. The van der Waals surface area contributed by atoms with Gasteiger partial charge in [0, 0.05) is 12.0 Å². The Morgan fingerprint density at radius 3 is 2.57 bits per heavy atom. The number of rotatable bonds is 9. The van der Waals surface area contributed by atoms with E-state index in [1.165, 1.54) is 13.3 Å². The maximum absolute atomic E-state index is 14.1. The van der Waals surface area contributed by atoms with Gasteiger partial charge >= 0.3 is 6.18 Å². The van der Waals surface area contributed by atoms with E-state index in [0.717, 1.165) is 33.3 Å². The second-order valence-electron chi connectivity index (χ2n) is 10.4. The number of benzene rings is 3. The molecule has 0 spiro atoms. The summed E-state index contributed by atoms with van der Waals surface area (Å²) in [5.74, 6) is 1.22. The van der Waals surface area contributed by atoms with Crippen LogP contribution in [0.15, 0.2) is 72.0 Å². The predicted molar refractivity (Wildman–Crippen MR) is 160 cm³/mol. The standard InChI is InChI=1S/C32H32F3N5O4/c1-19-6-5-7-27(20(19)2)44-18-23-14-21(8-13-28(23)43-4)16-36-39-31(41)25-17-37-40-29(32(33,34)35)15-26(38-30(25)40)22-9-11-24(42-3)12-10-22/h5-14,16-17,26,29,38H,15,18H2,1-4H3,(H,39,41)/b36-16+. The molecule has 2 N–H and O–H groups in total. The quantitative estimate of drug-likeness (QED) is 0.166. The van der Waals surface area contributed by atoms with Crippen molar-refractivity contribution in [1.29, 1.82) is 0 Å². The molecular weight excluding hydrogens is 575 g/mol. The molecule has 0 aliphatic carbocycles. The molecular formula is C32H32F3N5O4. The topological polar surface area (TPSA) is 99.0 Å². The summed E-state index contributed by atoms with van der Waals surface area (Å²) < 4.78 is 59.6. The number of fused-ring (bicyclic) bond motifs is 1. The van der Waals surface area contributed by atoms with Crippen molar-refractivity contribution in [2.24, 2.45) is 5.10 Å². The fourth-order valence-electron chi connectivity index (χ4n) is 5.04. The highest BCUT2D eigenvalue weighted by Crippen LogP contribution is 2.44. The largest absolute Gasteiger partial charge is 0.497 e. The van der Waals surface area contributed by atoms with Gasteiger partial charge in [0.25, 0.3) is 5.91 Å². The monoisotopic (exact) mass is 607 g/mol. The summed E-state index contributed by atoms with van der Waals surface area (Å²) in [5.41, 5.74) is 6.53. The fourth-order valence-corrected chi connectivity index (χ4v) is 5.04. The van der Waals surface area contributed by atoms with Gasteiger partial charge in [0.1, 0.15) is 35.2 Å². The molecule has 1 aliphatic rings. The summed E-state index contributed by atoms with van der Waals surface area (Å²) >= 11 is 0. The number of carbonyl (C=O) groups is 1. The molecule has 0 radical (unpaired) electrons. The Hall–Kier alpha value is -5.00. The van der Waals surface area contributed by atoms with E-state index in [-0.39, 0.29) is 24.4 Å². The van der Waals surface area contributed by atoms with E-state index in [4.69, 9.17) is 14.2 Å². The highest BCUT2D eigenvalue weighted by molar-refractivity contribution is 5.99. The van der Waals surface area contributed by atoms with Crippen LogP contribution in [0.5, 0.6) is 17.2 Å². The lowest BCUT2D eigenvalue weighted by Crippen LogP contribution is -2.36. The number of nitrogens with one attached hydrogen (secondary N) is 2. The van der Waals surface area contributed by atoms with Gasteiger partial charge in [-0.25, -0.2) is 10.1 Å². The van der Waals surface area contributed by atoms with Crippen molar-refractivity contribution in [3.8, 4) is 17.2 Å². The number of hydrogen-bond acceptors (Lipinski definition) is 7. The van der Waals surface area contributed by atoms with E-state index >= 15 is 0 Å². The summed E-state index contributed by atoms with van der Waals surface area (Å²) in [7, 11) is 3.07. The van der Waals surface area contributed by atoms with E-state index in [2.05, 4.69) is 20.9 Å². The number of hydrogen-bond donors (Lipinski definition) is 2. The third-order valence-electron chi connectivity index (χ3n) is 7.62. The predicted octanol–water partition coefficient (Wildman–Crippen LogP) is 6.52. The van der Waals surface area contributed by atoms with E-state index in [0.29, 0.717) is 22.6 Å². The first kappa shape index (κ1) is 30.5. The second kappa shape index (κ2) is 12.7. The van der Waals surface area contributed by atoms with Gasteiger partial charge in [-0.2, -0.15) is 23.4 Å². The normalized spacial score (nSPS) is 16.2. The SMILES string of the molecule is COc1ccc(C2CC(C(F)(F)F)n3ncc(C(=O)N/N=C/c4ccc(OC)c(COc5cccc(C)c5C)c4)c3N2)cc1. The van der Waals surface area contributed by atoms with Gasteiger partial charge in [-0.15, -0.1) is 0 Å². The molecule has 9 nitrogen and oxygen atoms in total. The molecule has 5 rings (SSSR count). The van der Waals surface area contributed by atoms with Crippen LogP contribution in [0.1, 0.15) is 56.7 Å². The number of amides is 1. The van der Waals surface area contributed by atoms with Crippen LogP contribution in [0.2, 0.25) is 0 Å². The second-order valence-corrected chi connectivity index (χ2v) is 10.4. The van der Waals surface area contributed by atoms with Gasteiger partial charge < -0.3 is 19.5 Å². The molecule has 230 valence electrons. The number of carbonyl (C=O) groups excluding carboxylic acids is 1. The average Bonchev–Trinajstić information content (AvgIpc) is 3.45. The van der Waals surface area contributed by atoms with Crippen LogP contribution >= 0.6 is 0 Å². The Morgan fingerprint density at radius 2 is 1.86 bits per heavy atom. The number of nitrogens with zero attached hydrogens (tertiary/aromatic N) is 3. The van der Waals surface area contributed by atoms with Gasteiger partial charge in [0.15, 0.2) is 6.04 Å². The Morgan fingerprint density at radius 1 is 1.09 bits per heavy atom. The number of ether oxygens (including phenoxy) is 3. The number of methoxy groups -OCH3 is 2. The maximum Gasteiger partial charge on any atom is 0.410 e. The third-order valence-corrected chi connectivity index (χ3v) is 7.62. The third kappa shape index (κ3) is 6.48. The number of halogens is 3. The smallest absolute Gasteiger partial charge is 0.410 e. The van der Waals surface area contributed by atoms with Crippen LogP contribution in [0.4, 0.5) is 19.0 Å². The Bertz CT molecular complexity index is 1670. The van der Waals surface area contributed by atoms with Crippen LogP contribution < -0.4 is 25.0 Å². The van der Waals surface area contributed by atoms with Gasteiger partial charge in [0.05, 0.1) is 32.7 Å². The van der Waals surface area contributed by atoms with E-state index in [9.17, 15) is 18.0 Å². The Balaban J connectivity index is 1.32. The first-order chi connectivity index (χ1) is 21.1. The average molecular weight is 608 g/mol. The van der Waals surface area contributed by atoms with E-state index < -0.39 is 24.2 Å². The molecule has 2 atom stereocenters. The van der Waals surface area contributed by atoms with E-state index in [1.54, 1.807) is 43.5 Å². The van der Waals surface area contributed by atoms with Gasteiger partial charge in [-0.3, -0.25) is 4.79 Å². The van der Waals surface area contributed by atoms with Gasteiger partial charge in [-0.05, 0) is 72.5 Å². The van der Waals surface area contributed by atoms with Crippen molar-refractivity contribution in [3.63, 3.8) is 0 Å². The lowest BCUT2D eigenvalue weighted by molar-refractivity contribution is -0.173. The van der Waals surface area contributed by atoms with Crippen LogP contribution in [-0.4, -0.2) is 42.3 Å². The maximum atomic E-state index is 14.1. The molecule has 44 heavy (non-hydrogen) atoms. The van der Waals surface area contributed by atoms with Crippen molar-refractivity contribution >= 4 is 17.9 Å².